The van der Waals surface area contributed by atoms with Crippen molar-refractivity contribution in [3.63, 3.8) is 0 Å². The molecule has 3 aromatic carbocycles. The summed E-state index contributed by atoms with van der Waals surface area (Å²) >= 11 is 0. The van der Waals surface area contributed by atoms with Gasteiger partial charge in [-0.1, -0.05) is 79.2 Å². The van der Waals surface area contributed by atoms with Crippen molar-refractivity contribution in [2.45, 2.75) is 121 Å². The van der Waals surface area contributed by atoms with E-state index in [1.165, 1.54) is 0 Å². The van der Waals surface area contributed by atoms with Gasteiger partial charge in [-0.05, 0) is 46.2 Å². The van der Waals surface area contributed by atoms with E-state index in [0.717, 1.165) is 48.4 Å². The quantitative estimate of drug-likeness (QED) is 0.164. The highest BCUT2D eigenvalue weighted by Gasteiger charge is 2.67. The van der Waals surface area contributed by atoms with Gasteiger partial charge in [0, 0.05) is 19.8 Å². The summed E-state index contributed by atoms with van der Waals surface area (Å²) in [6, 6.07) is 21.8. The third kappa shape index (κ3) is 8.42. The Morgan fingerprint density at radius 1 is 0.509 bits per heavy atom. The predicted molar refractivity (Wildman–Crippen MR) is 197 cm³/mol. The zero-order valence-electron chi connectivity index (χ0n) is 31.0. The van der Waals surface area contributed by atoms with Crippen LogP contribution in [-0.2, 0) is 113 Å². The molecule has 1 saturated heterocycles. The van der Waals surface area contributed by atoms with Gasteiger partial charge in [-0.2, -0.15) is 0 Å². The predicted octanol–water partition coefficient (Wildman–Crippen LogP) is 8.10. The first-order valence-electron chi connectivity index (χ1n) is 19.0. The van der Waals surface area contributed by atoms with Gasteiger partial charge in [-0.15, -0.1) is 0 Å². The standard InChI is InChI=1S/C38H43O16P3/c1-25(39)49-32-35(52-55(40)43-19-26-11-3-4-12-27(26)20-44-55)33-34(51-38(50-33)17-9-2-10-18-38)37(54-57(42)47-23-30-15-7-8-16-31(30)24-48-57)36(32)53-56(41)45-21-28-13-5-6-14-29(28)22-46-56/h3-8,11-16,32-37H,2,9-10,17-24H2,1H3/t32-,33-,34+,35-,36+,37+/m0/s1. The lowest BCUT2D eigenvalue weighted by atomic mass is 9.85. The van der Waals surface area contributed by atoms with Crippen LogP contribution in [0.3, 0.4) is 0 Å². The lowest BCUT2D eigenvalue weighted by Crippen LogP contribution is -2.65. The molecule has 0 radical (unpaired) electrons. The Morgan fingerprint density at radius 3 is 1.16 bits per heavy atom. The second kappa shape index (κ2) is 16.1. The van der Waals surface area contributed by atoms with Crippen LogP contribution in [0.15, 0.2) is 72.8 Å². The van der Waals surface area contributed by atoms with Crippen molar-refractivity contribution in [1.29, 1.82) is 0 Å². The Bertz CT molecular complexity index is 2030. The largest absolute Gasteiger partial charge is 0.475 e. The van der Waals surface area contributed by atoms with E-state index in [9.17, 15) is 18.5 Å². The summed E-state index contributed by atoms with van der Waals surface area (Å²) in [5.41, 5.74) is 4.38. The molecule has 2 aliphatic carbocycles. The Balaban J connectivity index is 1.11. The Kier molecular flexibility index (Phi) is 11.2. The van der Waals surface area contributed by atoms with E-state index in [2.05, 4.69) is 0 Å². The summed E-state index contributed by atoms with van der Waals surface area (Å²) in [7, 11) is -13.6. The maximum Gasteiger partial charge on any atom is 0.475 e. The lowest BCUT2D eigenvalue weighted by molar-refractivity contribution is -0.205. The van der Waals surface area contributed by atoms with Crippen LogP contribution in [0.4, 0.5) is 0 Å². The lowest BCUT2D eigenvalue weighted by Gasteiger charge is -2.46. The molecule has 0 bridgehead atoms. The van der Waals surface area contributed by atoms with Crippen LogP contribution in [-0.4, -0.2) is 48.4 Å². The molecule has 0 aromatic heterocycles. The Hall–Kier alpha value is -2.62. The van der Waals surface area contributed by atoms with Gasteiger partial charge >= 0.3 is 29.4 Å². The summed E-state index contributed by atoms with van der Waals surface area (Å²) < 4.78 is 117. The molecule has 2 saturated carbocycles. The topological polar surface area (TPSA) is 179 Å². The number of carbonyl (C=O) groups excluding carboxylic acids is 1. The SMILES string of the molecule is CC(=O)O[C@@H]1[C@@H](OP2(=O)OCc3ccccc3CO2)[C@H](OP2(=O)OCc3ccccc3CO2)[C@@H]2OC3(CCCCC3)O[C@@H]2[C@H]1OP1(=O)OCc2ccccc2CO1. The summed E-state index contributed by atoms with van der Waals surface area (Å²) in [5.74, 6) is -2.02. The highest BCUT2D eigenvalue weighted by Crippen LogP contribution is 2.63. The summed E-state index contributed by atoms with van der Waals surface area (Å²) in [6.07, 6.45) is -5.54. The summed E-state index contributed by atoms with van der Waals surface area (Å²) in [5, 5.41) is 0. The monoisotopic (exact) mass is 848 g/mol. The van der Waals surface area contributed by atoms with Crippen LogP contribution >= 0.6 is 23.5 Å². The third-order valence-electron chi connectivity index (χ3n) is 10.9. The van der Waals surface area contributed by atoms with E-state index in [1.54, 1.807) is 12.1 Å². The molecular formula is C38H43O16P3. The number of carbonyl (C=O) groups is 1. The van der Waals surface area contributed by atoms with Crippen molar-refractivity contribution < 1.29 is 73.4 Å². The highest BCUT2D eigenvalue weighted by molar-refractivity contribution is 7.49. The van der Waals surface area contributed by atoms with Crippen molar-refractivity contribution >= 4 is 29.4 Å². The molecule has 3 fully saturated rings. The van der Waals surface area contributed by atoms with E-state index in [1.807, 2.05) is 60.7 Å². The summed E-state index contributed by atoms with van der Waals surface area (Å²) in [6.45, 7) is 0.371. The smallest absolute Gasteiger partial charge is 0.457 e. The minimum atomic E-state index is -4.59. The molecule has 3 aromatic rings. The summed E-state index contributed by atoms with van der Waals surface area (Å²) in [4.78, 5) is 13.1. The van der Waals surface area contributed by atoms with Crippen LogP contribution in [0.2, 0.25) is 0 Å². The number of esters is 1. The van der Waals surface area contributed by atoms with Gasteiger partial charge < -0.3 is 14.2 Å². The number of ether oxygens (including phenoxy) is 3. The molecule has 16 nitrogen and oxygen atoms in total. The number of hydrogen-bond acceptors (Lipinski definition) is 16. The maximum absolute atomic E-state index is 14.6. The van der Waals surface area contributed by atoms with E-state index < -0.39 is 71.8 Å². The Morgan fingerprint density at radius 2 is 0.825 bits per heavy atom. The van der Waals surface area contributed by atoms with Crippen LogP contribution < -0.4 is 0 Å². The third-order valence-corrected chi connectivity index (χ3v) is 15.1. The Labute approximate surface area is 329 Å². The molecule has 0 unspecified atom stereocenters. The molecule has 0 amide bonds. The molecule has 6 atom stereocenters. The molecule has 4 aliphatic heterocycles. The fourth-order valence-electron chi connectivity index (χ4n) is 8.08. The van der Waals surface area contributed by atoms with Crippen molar-refractivity contribution in [2.75, 3.05) is 0 Å². The van der Waals surface area contributed by atoms with E-state index in [0.29, 0.717) is 24.0 Å². The second-order valence-electron chi connectivity index (χ2n) is 14.7. The fraction of sp³-hybridized carbons (Fsp3) is 0.500. The molecular weight excluding hydrogens is 805 g/mol. The average Bonchev–Trinajstić information content (AvgIpc) is 3.30. The first kappa shape index (κ1) is 39.8. The number of rotatable bonds is 7. The van der Waals surface area contributed by atoms with Gasteiger partial charge in [0.25, 0.3) is 0 Å². The van der Waals surface area contributed by atoms with Gasteiger partial charge in [-0.25, -0.2) is 13.7 Å². The minimum absolute atomic E-state index is 0.114. The number of fused-ring (bicyclic) bond motifs is 4. The van der Waals surface area contributed by atoms with E-state index in [4.69, 9.17) is 54.9 Å². The molecule has 19 heteroatoms. The number of benzene rings is 3. The van der Waals surface area contributed by atoms with E-state index >= 15 is 0 Å². The number of phosphoric acid groups is 3. The van der Waals surface area contributed by atoms with Crippen molar-refractivity contribution in [1.82, 2.24) is 0 Å². The molecule has 1 spiro atoms. The van der Waals surface area contributed by atoms with Crippen LogP contribution in [0.5, 0.6) is 0 Å². The highest BCUT2D eigenvalue weighted by atomic mass is 31.2. The van der Waals surface area contributed by atoms with Crippen LogP contribution in [0.1, 0.15) is 72.4 Å². The first-order valence-corrected chi connectivity index (χ1v) is 23.3. The maximum atomic E-state index is 14.6. The second-order valence-corrected chi connectivity index (χ2v) is 19.6. The van der Waals surface area contributed by atoms with Gasteiger partial charge in [0.05, 0.1) is 39.6 Å². The molecule has 6 aliphatic rings. The van der Waals surface area contributed by atoms with E-state index in [-0.39, 0.29) is 39.6 Å². The first-order chi connectivity index (χ1) is 27.5. The molecule has 0 N–H and O–H groups in total. The number of hydrogen-bond donors (Lipinski definition) is 0. The molecule has 4 heterocycles. The molecule has 306 valence electrons. The average molecular weight is 849 g/mol. The molecule has 57 heavy (non-hydrogen) atoms. The van der Waals surface area contributed by atoms with Gasteiger partial charge in [0.15, 0.2) is 11.9 Å². The van der Waals surface area contributed by atoms with Crippen molar-refractivity contribution in [2.24, 2.45) is 0 Å². The van der Waals surface area contributed by atoms with Gasteiger partial charge in [0.2, 0.25) is 0 Å². The van der Waals surface area contributed by atoms with Crippen LogP contribution in [0, 0.1) is 0 Å². The van der Waals surface area contributed by atoms with Crippen LogP contribution in [0.25, 0.3) is 0 Å². The van der Waals surface area contributed by atoms with Gasteiger partial charge in [-0.3, -0.25) is 45.5 Å². The number of phosphoric ester groups is 3. The zero-order valence-corrected chi connectivity index (χ0v) is 33.7. The minimum Gasteiger partial charge on any atom is -0.457 e. The normalized spacial score (nSPS) is 31.0. The van der Waals surface area contributed by atoms with Crippen molar-refractivity contribution in [3.8, 4) is 0 Å². The molecule has 9 rings (SSSR count). The van der Waals surface area contributed by atoms with Crippen molar-refractivity contribution in [3.05, 3.63) is 106 Å². The van der Waals surface area contributed by atoms with Gasteiger partial charge in [0.1, 0.15) is 30.5 Å². The zero-order chi connectivity index (χ0) is 39.3. The fourth-order valence-corrected chi connectivity index (χ4v) is 12.1.